The number of amides is 1. The van der Waals surface area contributed by atoms with Gasteiger partial charge in [0, 0.05) is 24.6 Å². The second-order valence-electron chi connectivity index (χ2n) is 5.72. The summed E-state index contributed by atoms with van der Waals surface area (Å²) < 4.78 is 19.5. The van der Waals surface area contributed by atoms with Gasteiger partial charge in [-0.15, -0.1) is 0 Å². The fourth-order valence-corrected chi connectivity index (χ4v) is 3.07. The molecule has 0 aromatic heterocycles. The second-order valence-corrected chi connectivity index (χ2v) is 5.72. The Morgan fingerprint density at radius 3 is 3.05 bits per heavy atom. The fourth-order valence-electron chi connectivity index (χ4n) is 3.07. The van der Waals surface area contributed by atoms with Gasteiger partial charge in [0.1, 0.15) is 11.9 Å². The summed E-state index contributed by atoms with van der Waals surface area (Å²) in [5.41, 5.74) is 0.536. The lowest BCUT2D eigenvalue weighted by molar-refractivity contribution is -0.139. The number of halogens is 1. The smallest absolute Gasteiger partial charge is 0.224 e. The number of rotatable bonds is 3. The monoisotopic (exact) mass is 292 g/mol. The molecule has 2 saturated heterocycles. The maximum atomic E-state index is 13.8. The van der Waals surface area contributed by atoms with Gasteiger partial charge in [0.25, 0.3) is 0 Å². The first-order chi connectivity index (χ1) is 10.2. The van der Waals surface area contributed by atoms with Crippen molar-refractivity contribution in [2.75, 3.05) is 26.2 Å². The molecule has 114 valence electrons. The number of carbonyl (C=O) groups excluding carboxylic acids is 1. The zero-order valence-electron chi connectivity index (χ0n) is 12.1. The van der Waals surface area contributed by atoms with Crippen molar-refractivity contribution in [2.24, 2.45) is 0 Å². The van der Waals surface area contributed by atoms with E-state index < -0.39 is 0 Å². The van der Waals surface area contributed by atoms with Gasteiger partial charge in [0.05, 0.1) is 13.2 Å². The Kier molecular flexibility index (Phi) is 4.51. The lowest BCUT2D eigenvalue weighted by Crippen LogP contribution is -2.44. The molecule has 1 N–H and O–H groups in total. The van der Waals surface area contributed by atoms with Crippen molar-refractivity contribution >= 4 is 5.91 Å². The van der Waals surface area contributed by atoms with Crippen LogP contribution in [0.1, 0.15) is 30.9 Å². The van der Waals surface area contributed by atoms with Crippen LogP contribution in [-0.4, -0.2) is 43.1 Å². The van der Waals surface area contributed by atoms with Gasteiger partial charge in [-0.25, -0.2) is 4.39 Å². The molecule has 0 saturated carbocycles. The summed E-state index contributed by atoms with van der Waals surface area (Å²) >= 11 is 0. The van der Waals surface area contributed by atoms with Crippen LogP contribution in [0.4, 0.5) is 4.39 Å². The lowest BCUT2D eigenvalue weighted by atomic mass is 10.1. The van der Waals surface area contributed by atoms with Crippen molar-refractivity contribution in [3.8, 4) is 0 Å². The van der Waals surface area contributed by atoms with Gasteiger partial charge >= 0.3 is 0 Å². The van der Waals surface area contributed by atoms with Gasteiger partial charge in [-0.1, -0.05) is 18.2 Å². The molecule has 5 heteroatoms. The van der Waals surface area contributed by atoms with E-state index in [2.05, 4.69) is 5.32 Å². The van der Waals surface area contributed by atoms with Crippen molar-refractivity contribution in [1.29, 1.82) is 0 Å². The lowest BCUT2D eigenvalue weighted by Gasteiger charge is -2.34. The van der Waals surface area contributed by atoms with Crippen LogP contribution >= 0.6 is 0 Å². The maximum absolute atomic E-state index is 13.8. The Labute approximate surface area is 124 Å². The number of benzene rings is 1. The van der Waals surface area contributed by atoms with Gasteiger partial charge in [0.2, 0.25) is 5.91 Å². The third-order valence-corrected chi connectivity index (χ3v) is 4.25. The minimum absolute atomic E-state index is 0.138. The summed E-state index contributed by atoms with van der Waals surface area (Å²) in [7, 11) is 0. The molecule has 2 atom stereocenters. The summed E-state index contributed by atoms with van der Waals surface area (Å²) in [6.45, 7) is 2.49. The van der Waals surface area contributed by atoms with Crippen molar-refractivity contribution in [2.45, 2.75) is 31.4 Å². The molecule has 3 rings (SSSR count). The number of hydrogen-bond donors (Lipinski definition) is 1. The predicted molar refractivity (Wildman–Crippen MR) is 77.3 cm³/mol. The van der Waals surface area contributed by atoms with E-state index in [0.717, 1.165) is 19.4 Å². The van der Waals surface area contributed by atoms with E-state index in [0.29, 0.717) is 37.7 Å². The van der Waals surface area contributed by atoms with Crippen LogP contribution in [0.15, 0.2) is 24.3 Å². The van der Waals surface area contributed by atoms with Gasteiger partial charge < -0.3 is 15.0 Å². The van der Waals surface area contributed by atoms with Crippen molar-refractivity contribution in [1.82, 2.24) is 10.2 Å². The molecule has 1 amide bonds. The molecule has 2 aliphatic rings. The average molecular weight is 292 g/mol. The highest BCUT2D eigenvalue weighted by molar-refractivity contribution is 5.77. The molecule has 21 heavy (non-hydrogen) atoms. The Balaban J connectivity index is 1.62. The largest absolute Gasteiger partial charge is 0.370 e. The van der Waals surface area contributed by atoms with E-state index in [1.54, 1.807) is 23.1 Å². The molecule has 0 aliphatic carbocycles. The molecular formula is C16H21FN2O2. The summed E-state index contributed by atoms with van der Waals surface area (Å²) in [5, 5.41) is 3.34. The minimum Gasteiger partial charge on any atom is -0.370 e. The highest BCUT2D eigenvalue weighted by Crippen LogP contribution is 2.25. The maximum Gasteiger partial charge on any atom is 0.224 e. The van der Waals surface area contributed by atoms with Crippen molar-refractivity contribution < 1.29 is 13.9 Å². The third-order valence-electron chi connectivity index (χ3n) is 4.25. The number of hydrogen-bond acceptors (Lipinski definition) is 3. The Morgan fingerprint density at radius 2 is 2.29 bits per heavy atom. The highest BCUT2D eigenvalue weighted by Gasteiger charge is 2.28. The van der Waals surface area contributed by atoms with Crippen LogP contribution in [0.25, 0.3) is 0 Å². The summed E-state index contributed by atoms with van der Waals surface area (Å²) in [6.07, 6.45) is 2.37. The molecule has 2 unspecified atom stereocenters. The van der Waals surface area contributed by atoms with Gasteiger partial charge in [-0.05, 0) is 25.5 Å². The molecule has 1 aromatic carbocycles. The Hall–Kier alpha value is -1.46. The first-order valence-electron chi connectivity index (χ1n) is 7.61. The first-order valence-corrected chi connectivity index (χ1v) is 7.61. The molecule has 2 heterocycles. The molecular weight excluding hydrogens is 271 g/mol. The number of carbonyl (C=O) groups is 1. The number of ether oxygens (including phenoxy) is 1. The van der Waals surface area contributed by atoms with E-state index in [1.165, 1.54) is 6.07 Å². The van der Waals surface area contributed by atoms with Crippen LogP contribution < -0.4 is 5.32 Å². The van der Waals surface area contributed by atoms with Gasteiger partial charge in [0.15, 0.2) is 0 Å². The summed E-state index contributed by atoms with van der Waals surface area (Å²) in [5.74, 6) is -0.131. The summed E-state index contributed by atoms with van der Waals surface area (Å²) in [6, 6.07) is 6.92. The van der Waals surface area contributed by atoms with E-state index >= 15 is 0 Å². The zero-order chi connectivity index (χ0) is 14.7. The highest BCUT2D eigenvalue weighted by atomic mass is 19.1. The third kappa shape index (κ3) is 3.41. The molecule has 4 nitrogen and oxygen atoms in total. The van der Waals surface area contributed by atoms with Crippen molar-refractivity contribution in [3.63, 3.8) is 0 Å². The van der Waals surface area contributed by atoms with Gasteiger partial charge in [-0.2, -0.15) is 0 Å². The SMILES string of the molecule is O=C(CC1CCCN1)N1CCOC(c2ccccc2F)C1. The quantitative estimate of drug-likeness (QED) is 0.924. The summed E-state index contributed by atoms with van der Waals surface area (Å²) in [4.78, 5) is 14.2. The van der Waals surface area contributed by atoms with Crippen LogP contribution in [-0.2, 0) is 9.53 Å². The zero-order valence-corrected chi connectivity index (χ0v) is 12.1. The van der Waals surface area contributed by atoms with Crippen LogP contribution in [0.2, 0.25) is 0 Å². The van der Waals surface area contributed by atoms with E-state index in [4.69, 9.17) is 4.74 Å². The molecule has 0 radical (unpaired) electrons. The molecule has 0 bridgehead atoms. The van der Waals surface area contributed by atoms with Crippen LogP contribution in [0.5, 0.6) is 0 Å². The molecule has 2 aliphatic heterocycles. The molecule has 1 aromatic rings. The normalized spacial score (nSPS) is 26.0. The van der Waals surface area contributed by atoms with Crippen LogP contribution in [0.3, 0.4) is 0 Å². The molecule has 2 fully saturated rings. The van der Waals surface area contributed by atoms with Gasteiger partial charge in [-0.3, -0.25) is 4.79 Å². The predicted octanol–water partition coefficient (Wildman–Crippen LogP) is 1.87. The van der Waals surface area contributed by atoms with E-state index in [9.17, 15) is 9.18 Å². The second kappa shape index (κ2) is 6.54. The first kappa shape index (κ1) is 14.5. The number of nitrogens with one attached hydrogen (secondary N) is 1. The standard InChI is InChI=1S/C16H21FN2O2/c17-14-6-2-1-5-13(14)15-11-19(8-9-21-15)16(20)10-12-4-3-7-18-12/h1-2,5-6,12,15,18H,3-4,7-11H2. The van der Waals surface area contributed by atoms with Crippen LogP contribution in [0, 0.1) is 5.82 Å². The van der Waals surface area contributed by atoms with E-state index in [1.807, 2.05) is 0 Å². The molecule has 0 spiro atoms. The Bertz CT molecular complexity index is 503. The Morgan fingerprint density at radius 1 is 1.43 bits per heavy atom. The van der Waals surface area contributed by atoms with Crippen molar-refractivity contribution in [3.05, 3.63) is 35.6 Å². The fraction of sp³-hybridized carbons (Fsp3) is 0.562. The average Bonchev–Trinajstić information content (AvgIpc) is 3.01. The topological polar surface area (TPSA) is 41.6 Å². The minimum atomic E-state index is -0.361. The number of morpholine rings is 1. The van der Waals surface area contributed by atoms with E-state index in [-0.39, 0.29) is 17.8 Å². The number of nitrogens with zero attached hydrogens (tertiary/aromatic N) is 1.